The second-order valence-electron chi connectivity index (χ2n) is 9.05. The van der Waals surface area contributed by atoms with Gasteiger partial charge in [0.05, 0.1) is 42.4 Å². The highest BCUT2D eigenvalue weighted by molar-refractivity contribution is 6.76. The van der Waals surface area contributed by atoms with E-state index in [1.165, 1.54) is 0 Å². The molecule has 32 heavy (non-hydrogen) atoms. The van der Waals surface area contributed by atoms with Crippen LogP contribution in [0.2, 0.25) is 25.7 Å². The third-order valence-corrected chi connectivity index (χ3v) is 7.03. The zero-order valence-electron chi connectivity index (χ0n) is 19.6. The topological polar surface area (TPSA) is 89.5 Å². The highest BCUT2D eigenvalue weighted by Crippen LogP contribution is 2.39. The van der Waals surface area contributed by atoms with Crippen molar-refractivity contribution in [1.29, 1.82) is 5.26 Å². The van der Waals surface area contributed by atoms with Gasteiger partial charge in [0.2, 0.25) is 0 Å². The summed E-state index contributed by atoms with van der Waals surface area (Å²) in [6, 6.07) is 12.2. The van der Waals surface area contributed by atoms with Gasteiger partial charge in [0.25, 0.3) is 0 Å². The van der Waals surface area contributed by atoms with Crippen LogP contribution in [0.4, 0.5) is 0 Å². The lowest BCUT2D eigenvalue weighted by atomic mass is 10.0. The summed E-state index contributed by atoms with van der Waals surface area (Å²) in [6.07, 6.45) is -1.11. The van der Waals surface area contributed by atoms with Gasteiger partial charge in [-0.1, -0.05) is 19.6 Å². The van der Waals surface area contributed by atoms with Crippen LogP contribution in [0.25, 0.3) is 11.0 Å². The Morgan fingerprint density at radius 2 is 1.78 bits per heavy atom. The highest BCUT2D eigenvalue weighted by Gasteiger charge is 2.27. The molecule has 0 aliphatic carbocycles. The van der Waals surface area contributed by atoms with E-state index in [2.05, 4.69) is 30.7 Å². The Morgan fingerprint density at radius 3 is 2.34 bits per heavy atom. The number of nitrogens with zero attached hydrogens (tertiary/aromatic N) is 3. The van der Waals surface area contributed by atoms with E-state index in [0.717, 1.165) is 17.1 Å². The minimum absolute atomic E-state index is 0.246. The van der Waals surface area contributed by atoms with Crippen LogP contribution in [0.5, 0.6) is 11.5 Å². The largest absolute Gasteiger partial charge is 0.496 e. The molecule has 0 aliphatic heterocycles. The predicted octanol–water partition coefficient (Wildman–Crippen LogP) is 4.63. The van der Waals surface area contributed by atoms with Gasteiger partial charge >= 0.3 is 0 Å². The van der Waals surface area contributed by atoms with E-state index >= 15 is 0 Å². The van der Waals surface area contributed by atoms with Crippen molar-refractivity contribution in [1.82, 2.24) is 9.55 Å². The van der Waals surface area contributed by atoms with Gasteiger partial charge in [0, 0.05) is 14.7 Å². The number of hydrogen-bond donors (Lipinski definition) is 1. The number of imidazole rings is 1. The van der Waals surface area contributed by atoms with Crippen molar-refractivity contribution in [3.05, 3.63) is 52.8 Å². The second-order valence-corrected chi connectivity index (χ2v) is 14.7. The Labute approximate surface area is 190 Å². The maximum absolute atomic E-state index is 11.4. The molecule has 0 fully saturated rings. The SMILES string of the molecule is COc1cc(C)cc(OC)c1C(O)c1nc2cc(C#N)ccc2n1COCC[Si](C)(C)C. The van der Waals surface area contributed by atoms with E-state index in [1.807, 2.05) is 29.7 Å². The number of aliphatic hydroxyl groups excluding tert-OH is 1. The van der Waals surface area contributed by atoms with Gasteiger partial charge in [-0.05, 0) is 48.9 Å². The van der Waals surface area contributed by atoms with Gasteiger partial charge in [-0.25, -0.2) is 4.98 Å². The normalized spacial score (nSPS) is 12.6. The van der Waals surface area contributed by atoms with Gasteiger partial charge in [0.15, 0.2) is 0 Å². The van der Waals surface area contributed by atoms with Gasteiger partial charge < -0.3 is 23.9 Å². The van der Waals surface area contributed by atoms with E-state index < -0.39 is 14.2 Å². The average Bonchev–Trinajstić information content (AvgIpc) is 3.12. The van der Waals surface area contributed by atoms with Crippen LogP contribution in [0.1, 0.15) is 28.6 Å². The Morgan fingerprint density at radius 1 is 1.12 bits per heavy atom. The van der Waals surface area contributed by atoms with Gasteiger partial charge in [-0.3, -0.25) is 0 Å². The molecule has 0 radical (unpaired) electrons. The van der Waals surface area contributed by atoms with Crippen molar-refractivity contribution in [2.75, 3.05) is 20.8 Å². The first-order chi connectivity index (χ1) is 15.2. The summed E-state index contributed by atoms with van der Waals surface area (Å²) in [5, 5.41) is 20.7. The predicted molar refractivity (Wildman–Crippen MR) is 127 cm³/mol. The molecule has 0 saturated heterocycles. The molecule has 0 spiro atoms. The molecule has 1 N–H and O–H groups in total. The quantitative estimate of drug-likeness (QED) is 0.375. The zero-order chi connectivity index (χ0) is 23.5. The van der Waals surface area contributed by atoms with Crippen LogP contribution < -0.4 is 9.47 Å². The summed E-state index contributed by atoms with van der Waals surface area (Å²) in [7, 11) is 1.89. The molecule has 0 aliphatic rings. The van der Waals surface area contributed by atoms with Crippen LogP contribution in [0.15, 0.2) is 30.3 Å². The van der Waals surface area contributed by atoms with E-state index in [4.69, 9.17) is 14.2 Å². The molecule has 1 heterocycles. The van der Waals surface area contributed by atoms with Gasteiger partial charge in [-0.2, -0.15) is 5.26 Å². The maximum Gasteiger partial charge on any atom is 0.145 e. The van der Waals surface area contributed by atoms with Crippen LogP contribution in [-0.2, 0) is 11.5 Å². The van der Waals surface area contributed by atoms with Crippen LogP contribution in [0, 0.1) is 18.3 Å². The summed E-state index contributed by atoms with van der Waals surface area (Å²) in [5.74, 6) is 1.44. The van der Waals surface area contributed by atoms with Crippen molar-refractivity contribution >= 4 is 19.1 Å². The monoisotopic (exact) mass is 453 g/mol. The number of fused-ring (bicyclic) bond motifs is 1. The molecular formula is C24H31N3O4Si. The first-order valence-corrected chi connectivity index (χ1v) is 14.3. The fraction of sp³-hybridized carbons (Fsp3) is 0.417. The van der Waals surface area contributed by atoms with E-state index in [0.29, 0.717) is 40.6 Å². The summed E-state index contributed by atoms with van der Waals surface area (Å²) in [5.41, 5.74) is 3.37. The molecular weight excluding hydrogens is 422 g/mol. The third kappa shape index (κ3) is 5.13. The van der Waals surface area contributed by atoms with Crippen molar-refractivity contribution < 1.29 is 19.3 Å². The molecule has 2 aromatic carbocycles. The van der Waals surface area contributed by atoms with Gasteiger partial charge in [-0.15, -0.1) is 0 Å². The van der Waals surface area contributed by atoms with Crippen LogP contribution in [0.3, 0.4) is 0 Å². The lowest BCUT2D eigenvalue weighted by Crippen LogP contribution is -2.22. The Hall–Kier alpha value is -2.86. The van der Waals surface area contributed by atoms with Crippen molar-refractivity contribution in [2.24, 2.45) is 0 Å². The standard InChI is InChI=1S/C24H31N3O4Si/c1-16-11-20(29-2)22(21(12-16)30-3)23(28)24-26-18-13-17(14-25)7-8-19(18)27(24)15-31-9-10-32(4,5)6/h7-8,11-13,23,28H,9-10,15H2,1-6H3. The minimum atomic E-state index is -1.23. The highest BCUT2D eigenvalue weighted by atomic mass is 28.3. The molecule has 170 valence electrons. The van der Waals surface area contributed by atoms with Gasteiger partial charge in [0.1, 0.15) is 30.2 Å². The number of aryl methyl sites for hydroxylation is 1. The number of benzene rings is 2. The number of methoxy groups -OCH3 is 2. The molecule has 1 atom stereocenters. The molecule has 0 amide bonds. The summed E-state index contributed by atoms with van der Waals surface area (Å²) in [4.78, 5) is 4.68. The van der Waals surface area contributed by atoms with E-state index in [1.54, 1.807) is 26.4 Å². The number of aliphatic hydroxyl groups is 1. The number of hydrogen-bond acceptors (Lipinski definition) is 6. The van der Waals surface area contributed by atoms with Crippen LogP contribution >= 0.6 is 0 Å². The smallest absolute Gasteiger partial charge is 0.145 e. The number of ether oxygens (including phenoxy) is 3. The molecule has 3 rings (SSSR count). The van der Waals surface area contributed by atoms with E-state index in [9.17, 15) is 10.4 Å². The lowest BCUT2D eigenvalue weighted by Gasteiger charge is -2.20. The zero-order valence-corrected chi connectivity index (χ0v) is 20.6. The number of rotatable bonds is 9. The lowest BCUT2D eigenvalue weighted by molar-refractivity contribution is 0.0810. The summed E-state index contributed by atoms with van der Waals surface area (Å²) < 4.78 is 19.0. The van der Waals surface area contributed by atoms with Crippen LogP contribution in [-0.4, -0.2) is 43.6 Å². The number of aromatic nitrogens is 2. The van der Waals surface area contributed by atoms with Crippen molar-refractivity contribution in [3.63, 3.8) is 0 Å². The summed E-state index contributed by atoms with van der Waals surface area (Å²) >= 11 is 0. The summed E-state index contributed by atoms with van der Waals surface area (Å²) in [6.45, 7) is 9.73. The Kier molecular flexibility index (Phi) is 7.24. The third-order valence-electron chi connectivity index (χ3n) is 5.33. The minimum Gasteiger partial charge on any atom is -0.496 e. The second kappa shape index (κ2) is 9.73. The maximum atomic E-state index is 11.4. The molecule has 1 unspecified atom stereocenters. The molecule has 3 aromatic rings. The molecule has 8 heteroatoms. The molecule has 7 nitrogen and oxygen atoms in total. The first kappa shape index (κ1) is 23.8. The average molecular weight is 454 g/mol. The van der Waals surface area contributed by atoms with Crippen molar-refractivity contribution in [3.8, 4) is 17.6 Å². The Balaban J connectivity index is 2.08. The first-order valence-electron chi connectivity index (χ1n) is 10.6. The molecule has 0 saturated carbocycles. The fourth-order valence-corrected chi connectivity index (χ4v) is 4.32. The fourth-order valence-electron chi connectivity index (χ4n) is 3.57. The molecule has 1 aromatic heterocycles. The Bertz CT molecular complexity index is 1120. The number of nitriles is 1. The van der Waals surface area contributed by atoms with Crippen molar-refractivity contribution in [2.45, 2.75) is 45.4 Å². The van der Waals surface area contributed by atoms with E-state index in [-0.39, 0.29) is 6.73 Å². The molecule has 0 bridgehead atoms.